The molecule has 1 aromatic heterocycles. The van der Waals surface area contributed by atoms with Gasteiger partial charge in [0.2, 0.25) is 5.82 Å². The quantitative estimate of drug-likeness (QED) is 0.325. The van der Waals surface area contributed by atoms with Crippen LogP contribution in [-0.2, 0) is 0 Å². The molecule has 7 nitrogen and oxygen atoms in total. The molecule has 0 aliphatic heterocycles. The Labute approximate surface area is 114 Å². The summed E-state index contributed by atoms with van der Waals surface area (Å²) in [6.45, 7) is 0. The van der Waals surface area contributed by atoms with Gasteiger partial charge in [0, 0.05) is 11.1 Å². The van der Waals surface area contributed by atoms with E-state index in [0.717, 1.165) is 11.1 Å². The molecule has 100 valence electrons. The third-order valence-electron chi connectivity index (χ3n) is 2.97. The van der Waals surface area contributed by atoms with E-state index >= 15 is 0 Å². The van der Waals surface area contributed by atoms with E-state index in [-0.39, 0.29) is 5.75 Å². The van der Waals surface area contributed by atoms with Crippen molar-refractivity contribution in [3.8, 4) is 28.3 Å². The maximum atomic E-state index is 10.2. The second-order valence-electron chi connectivity index (χ2n) is 4.16. The highest BCUT2D eigenvalue weighted by Crippen LogP contribution is 2.35. The minimum atomic E-state index is 0.0975. The standard InChI is InChI=1S/C13H12N6O/c14-15-11-6-2-5-10(12(11)20)8-3-1-4-9(7-8)13-16-18-19-17-13/h1-7,15,20H,14H2,(H,16,17,18,19). The average Bonchev–Trinajstić information content (AvgIpc) is 3.02. The van der Waals surface area contributed by atoms with Crippen LogP contribution < -0.4 is 11.3 Å². The Hall–Kier alpha value is -2.93. The van der Waals surface area contributed by atoms with Crippen molar-refractivity contribution in [2.24, 2.45) is 5.84 Å². The molecule has 0 atom stereocenters. The Bertz CT molecular complexity index is 725. The number of hydrogen-bond donors (Lipinski definition) is 4. The molecule has 0 unspecified atom stereocenters. The van der Waals surface area contributed by atoms with E-state index in [2.05, 4.69) is 26.0 Å². The molecule has 20 heavy (non-hydrogen) atoms. The second-order valence-corrected chi connectivity index (χ2v) is 4.16. The summed E-state index contributed by atoms with van der Waals surface area (Å²) in [5.74, 6) is 5.96. The number of tetrazole rings is 1. The topological polar surface area (TPSA) is 113 Å². The van der Waals surface area contributed by atoms with Crippen molar-refractivity contribution in [2.45, 2.75) is 0 Å². The SMILES string of the molecule is NNc1cccc(-c2cccc(-c3nn[nH]n3)c2)c1O. The van der Waals surface area contributed by atoms with Crippen molar-refractivity contribution in [3.63, 3.8) is 0 Å². The molecule has 1 heterocycles. The lowest BCUT2D eigenvalue weighted by atomic mass is 10.0. The van der Waals surface area contributed by atoms with Crippen molar-refractivity contribution in [3.05, 3.63) is 42.5 Å². The fraction of sp³-hybridized carbons (Fsp3) is 0. The zero-order valence-electron chi connectivity index (χ0n) is 10.4. The summed E-state index contributed by atoms with van der Waals surface area (Å²) >= 11 is 0. The summed E-state index contributed by atoms with van der Waals surface area (Å²) in [5, 5.41) is 24.0. The van der Waals surface area contributed by atoms with E-state index in [1.165, 1.54) is 0 Å². The number of aromatic nitrogens is 4. The molecule has 7 heteroatoms. The van der Waals surface area contributed by atoms with Crippen LogP contribution in [0.3, 0.4) is 0 Å². The smallest absolute Gasteiger partial charge is 0.204 e. The summed E-state index contributed by atoms with van der Waals surface area (Å²) in [6, 6.07) is 12.8. The zero-order valence-corrected chi connectivity index (χ0v) is 10.4. The first-order valence-electron chi connectivity index (χ1n) is 5.92. The van der Waals surface area contributed by atoms with Crippen LogP contribution >= 0.6 is 0 Å². The first kappa shape index (κ1) is 12.1. The van der Waals surface area contributed by atoms with Crippen molar-refractivity contribution < 1.29 is 5.11 Å². The molecule has 0 spiro atoms. The molecule has 0 bridgehead atoms. The zero-order chi connectivity index (χ0) is 13.9. The van der Waals surface area contributed by atoms with Crippen LogP contribution in [-0.4, -0.2) is 25.7 Å². The summed E-state index contributed by atoms with van der Waals surface area (Å²) in [6.07, 6.45) is 0. The molecule has 0 aliphatic carbocycles. The number of para-hydroxylation sites is 1. The van der Waals surface area contributed by atoms with Gasteiger partial charge in [-0.15, -0.1) is 10.2 Å². The van der Waals surface area contributed by atoms with Crippen LogP contribution in [0, 0.1) is 0 Å². The van der Waals surface area contributed by atoms with Crippen molar-refractivity contribution in [1.29, 1.82) is 0 Å². The predicted octanol–water partition coefficient (Wildman–Crippen LogP) is 1.52. The van der Waals surface area contributed by atoms with Gasteiger partial charge < -0.3 is 10.5 Å². The average molecular weight is 268 g/mol. The molecule has 0 fully saturated rings. The van der Waals surface area contributed by atoms with Crippen molar-refractivity contribution in [2.75, 3.05) is 5.43 Å². The molecule has 0 aliphatic rings. The van der Waals surface area contributed by atoms with Crippen LogP contribution in [0.25, 0.3) is 22.5 Å². The molecule has 2 aromatic carbocycles. The maximum absolute atomic E-state index is 10.2. The number of anilines is 1. The third-order valence-corrected chi connectivity index (χ3v) is 2.97. The van der Waals surface area contributed by atoms with Crippen LogP contribution in [0.4, 0.5) is 5.69 Å². The first-order chi connectivity index (χ1) is 9.79. The number of rotatable bonds is 3. The van der Waals surface area contributed by atoms with Gasteiger partial charge in [0.05, 0.1) is 5.69 Å². The number of nitrogens with two attached hydrogens (primary N) is 1. The highest BCUT2D eigenvalue weighted by Gasteiger charge is 2.10. The monoisotopic (exact) mass is 268 g/mol. The number of nitrogens with zero attached hydrogens (tertiary/aromatic N) is 3. The maximum Gasteiger partial charge on any atom is 0.204 e. The number of hydrazine groups is 1. The van der Waals surface area contributed by atoms with Gasteiger partial charge in [-0.05, 0) is 22.9 Å². The molecule has 0 radical (unpaired) electrons. The second kappa shape index (κ2) is 4.98. The molecular formula is C13H12N6O. The van der Waals surface area contributed by atoms with Crippen LogP contribution in [0.5, 0.6) is 5.75 Å². The predicted molar refractivity (Wildman–Crippen MR) is 74.5 cm³/mol. The highest BCUT2D eigenvalue weighted by molar-refractivity contribution is 5.79. The minimum Gasteiger partial charge on any atom is -0.505 e. The van der Waals surface area contributed by atoms with E-state index in [1.807, 2.05) is 36.4 Å². The number of aromatic hydroxyl groups is 1. The van der Waals surface area contributed by atoms with Gasteiger partial charge in [-0.25, -0.2) is 0 Å². The number of phenols is 1. The normalized spacial score (nSPS) is 10.4. The molecule has 3 rings (SSSR count). The van der Waals surface area contributed by atoms with Gasteiger partial charge >= 0.3 is 0 Å². The van der Waals surface area contributed by atoms with Crippen LogP contribution in [0.2, 0.25) is 0 Å². The first-order valence-corrected chi connectivity index (χ1v) is 5.92. The van der Waals surface area contributed by atoms with E-state index in [9.17, 15) is 5.11 Å². The van der Waals surface area contributed by atoms with E-state index in [1.54, 1.807) is 6.07 Å². The largest absolute Gasteiger partial charge is 0.505 e. The summed E-state index contributed by atoms with van der Waals surface area (Å²) in [4.78, 5) is 0. The van der Waals surface area contributed by atoms with E-state index < -0.39 is 0 Å². The molecular weight excluding hydrogens is 256 g/mol. The van der Waals surface area contributed by atoms with Gasteiger partial charge in [-0.3, -0.25) is 5.84 Å². The summed E-state index contributed by atoms with van der Waals surface area (Å²) in [7, 11) is 0. The van der Waals surface area contributed by atoms with Gasteiger partial charge in [-0.1, -0.05) is 30.3 Å². The number of aromatic amines is 1. The Morgan fingerprint density at radius 1 is 1.10 bits per heavy atom. The fourth-order valence-electron chi connectivity index (χ4n) is 2.00. The highest BCUT2D eigenvalue weighted by atomic mass is 16.3. The number of H-pyrrole nitrogens is 1. The molecule has 0 amide bonds. The van der Waals surface area contributed by atoms with Crippen molar-refractivity contribution >= 4 is 5.69 Å². The Morgan fingerprint density at radius 2 is 1.90 bits per heavy atom. The molecule has 0 saturated heterocycles. The molecule has 3 aromatic rings. The number of nitrogen functional groups attached to an aromatic ring is 1. The van der Waals surface area contributed by atoms with Gasteiger partial charge in [-0.2, -0.15) is 5.21 Å². The lowest BCUT2D eigenvalue weighted by molar-refractivity contribution is 0.479. The van der Waals surface area contributed by atoms with E-state index in [4.69, 9.17) is 5.84 Å². The number of phenolic OH excluding ortho intramolecular Hbond substituents is 1. The number of nitrogens with one attached hydrogen (secondary N) is 2. The molecule has 0 saturated carbocycles. The molecule has 5 N–H and O–H groups in total. The van der Waals surface area contributed by atoms with Gasteiger partial charge in [0.25, 0.3) is 0 Å². The van der Waals surface area contributed by atoms with Crippen LogP contribution in [0.1, 0.15) is 0 Å². The van der Waals surface area contributed by atoms with Crippen LogP contribution in [0.15, 0.2) is 42.5 Å². The Balaban J connectivity index is 2.09. The van der Waals surface area contributed by atoms with Gasteiger partial charge in [0.15, 0.2) is 0 Å². The number of hydrogen-bond acceptors (Lipinski definition) is 6. The lowest BCUT2D eigenvalue weighted by Gasteiger charge is -2.09. The fourth-order valence-corrected chi connectivity index (χ4v) is 2.00. The summed E-state index contributed by atoms with van der Waals surface area (Å²) < 4.78 is 0. The minimum absolute atomic E-state index is 0.0975. The van der Waals surface area contributed by atoms with Gasteiger partial charge in [0.1, 0.15) is 5.75 Å². The van der Waals surface area contributed by atoms with Crippen molar-refractivity contribution in [1.82, 2.24) is 20.6 Å². The number of benzene rings is 2. The lowest BCUT2D eigenvalue weighted by Crippen LogP contribution is -2.06. The van der Waals surface area contributed by atoms with E-state index in [0.29, 0.717) is 17.1 Å². The Morgan fingerprint density at radius 3 is 2.65 bits per heavy atom. The third kappa shape index (κ3) is 2.06. The summed E-state index contributed by atoms with van der Waals surface area (Å²) in [5.41, 5.74) is 5.24. The Kier molecular flexibility index (Phi) is 3.02.